The molecular weight excluding hydrogens is 406 g/mol. The quantitative estimate of drug-likeness (QED) is 0.678. The van der Waals surface area contributed by atoms with E-state index in [0.717, 1.165) is 0 Å². The number of anilines is 1. The van der Waals surface area contributed by atoms with Crippen molar-refractivity contribution >= 4 is 35.0 Å². The van der Waals surface area contributed by atoms with Crippen molar-refractivity contribution in [3.8, 4) is 5.75 Å². The van der Waals surface area contributed by atoms with Gasteiger partial charge in [0, 0.05) is 17.3 Å². The SMILES string of the molecule is CCCN(CC(=O)N1CC(=O)N(c2cccc(Cl)c2)C1)C(=O)c1ccccc1OC. The summed E-state index contributed by atoms with van der Waals surface area (Å²) in [5, 5.41) is 0.515. The summed E-state index contributed by atoms with van der Waals surface area (Å²) >= 11 is 6.02. The first-order valence-corrected chi connectivity index (χ1v) is 10.1. The molecule has 0 spiro atoms. The van der Waals surface area contributed by atoms with Gasteiger partial charge < -0.3 is 14.5 Å². The first-order chi connectivity index (χ1) is 14.4. The van der Waals surface area contributed by atoms with E-state index < -0.39 is 0 Å². The highest BCUT2D eigenvalue weighted by Gasteiger charge is 2.33. The van der Waals surface area contributed by atoms with E-state index >= 15 is 0 Å². The molecule has 1 fully saturated rings. The molecule has 7 nitrogen and oxygen atoms in total. The maximum absolute atomic E-state index is 13.0. The van der Waals surface area contributed by atoms with Crippen molar-refractivity contribution in [1.29, 1.82) is 0 Å². The number of hydrogen-bond acceptors (Lipinski definition) is 4. The fraction of sp³-hybridized carbons (Fsp3) is 0.318. The third kappa shape index (κ3) is 4.74. The third-order valence-corrected chi connectivity index (χ3v) is 5.09. The summed E-state index contributed by atoms with van der Waals surface area (Å²) in [6.07, 6.45) is 0.696. The first-order valence-electron chi connectivity index (χ1n) is 9.70. The summed E-state index contributed by atoms with van der Waals surface area (Å²) in [5.41, 5.74) is 1.04. The van der Waals surface area contributed by atoms with Crippen LogP contribution < -0.4 is 9.64 Å². The Bertz CT molecular complexity index is 949. The number of ether oxygens (including phenoxy) is 1. The molecule has 1 aliphatic rings. The van der Waals surface area contributed by atoms with Gasteiger partial charge in [-0.2, -0.15) is 0 Å². The van der Waals surface area contributed by atoms with Crippen molar-refractivity contribution in [3.63, 3.8) is 0 Å². The molecule has 0 radical (unpaired) electrons. The molecule has 0 atom stereocenters. The molecule has 30 heavy (non-hydrogen) atoms. The Morgan fingerprint density at radius 1 is 1.17 bits per heavy atom. The Morgan fingerprint density at radius 2 is 1.93 bits per heavy atom. The monoisotopic (exact) mass is 429 g/mol. The molecular formula is C22H24ClN3O4. The molecule has 1 saturated heterocycles. The molecule has 0 saturated carbocycles. The van der Waals surface area contributed by atoms with E-state index in [0.29, 0.717) is 35.0 Å². The topological polar surface area (TPSA) is 70.2 Å². The number of hydrogen-bond donors (Lipinski definition) is 0. The number of carbonyl (C=O) groups excluding carboxylic acids is 3. The maximum Gasteiger partial charge on any atom is 0.258 e. The van der Waals surface area contributed by atoms with Crippen LogP contribution in [0.25, 0.3) is 0 Å². The van der Waals surface area contributed by atoms with Gasteiger partial charge in [-0.1, -0.05) is 36.7 Å². The van der Waals surface area contributed by atoms with Crippen molar-refractivity contribution in [2.24, 2.45) is 0 Å². The number of para-hydroxylation sites is 1. The number of benzene rings is 2. The summed E-state index contributed by atoms with van der Waals surface area (Å²) in [6.45, 7) is 2.34. The lowest BCUT2D eigenvalue weighted by Crippen LogP contribution is -2.43. The fourth-order valence-electron chi connectivity index (χ4n) is 3.36. The highest BCUT2D eigenvalue weighted by molar-refractivity contribution is 6.31. The van der Waals surface area contributed by atoms with Gasteiger partial charge in [-0.25, -0.2) is 0 Å². The normalized spacial score (nSPS) is 13.5. The van der Waals surface area contributed by atoms with Crippen LogP contribution in [0.2, 0.25) is 5.02 Å². The molecule has 3 amide bonds. The smallest absolute Gasteiger partial charge is 0.258 e. The van der Waals surface area contributed by atoms with E-state index in [1.165, 1.54) is 21.8 Å². The number of carbonyl (C=O) groups is 3. The molecule has 0 aromatic heterocycles. The van der Waals surface area contributed by atoms with Crippen LogP contribution in [-0.4, -0.2) is 60.9 Å². The van der Waals surface area contributed by atoms with Crippen molar-refractivity contribution in [3.05, 3.63) is 59.1 Å². The molecule has 0 aliphatic carbocycles. The Kier molecular flexibility index (Phi) is 6.95. The molecule has 1 aliphatic heterocycles. The van der Waals surface area contributed by atoms with E-state index in [2.05, 4.69) is 0 Å². The minimum Gasteiger partial charge on any atom is -0.496 e. The summed E-state index contributed by atoms with van der Waals surface area (Å²) in [6, 6.07) is 13.9. The van der Waals surface area contributed by atoms with Crippen LogP contribution in [0.4, 0.5) is 5.69 Å². The van der Waals surface area contributed by atoms with Gasteiger partial charge in [0.05, 0.1) is 12.7 Å². The van der Waals surface area contributed by atoms with E-state index in [1.807, 2.05) is 6.92 Å². The second-order valence-electron chi connectivity index (χ2n) is 6.96. The summed E-state index contributed by atoms with van der Waals surface area (Å²) in [5.74, 6) is -0.298. The lowest BCUT2D eigenvalue weighted by Gasteiger charge is -2.25. The predicted octanol–water partition coefficient (Wildman–Crippen LogP) is 3.03. The Labute approximate surface area is 180 Å². The molecule has 8 heteroatoms. The third-order valence-electron chi connectivity index (χ3n) is 4.86. The Morgan fingerprint density at radius 3 is 2.63 bits per heavy atom. The predicted molar refractivity (Wildman–Crippen MR) is 115 cm³/mol. The minimum absolute atomic E-state index is 0.0336. The van der Waals surface area contributed by atoms with E-state index in [9.17, 15) is 14.4 Å². The molecule has 1 heterocycles. The second kappa shape index (κ2) is 9.63. The van der Waals surface area contributed by atoms with Gasteiger partial charge in [-0.15, -0.1) is 0 Å². The largest absolute Gasteiger partial charge is 0.496 e. The number of rotatable bonds is 7. The zero-order valence-corrected chi connectivity index (χ0v) is 17.8. The number of amides is 3. The maximum atomic E-state index is 13.0. The lowest BCUT2D eigenvalue weighted by atomic mass is 10.1. The fourth-order valence-corrected chi connectivity index (χ4v) is 3.55. The molecule has 0 unspecified atom stereocenters. The summed E-state index contributed by atoms with van der Waals surface area (Å²) < 4.78 is 5.28. The van der Waals surface area contributed by atoms with Crippen LogP contribution in [0.15, 0.2) is 48.5 Å². The van der Waals surface area contributed by atoms with Crippen LogP contribution in [0, 0.1) is 0 Å². The lowest BCUT2D eigenvalue weighted by molar-refractivity contribution is -0.132. The van der Waals surface area contributed by atoms with Crippen molar-refractivity contribution < 1.29 is 19.1 Å². The number of nitrogens with zero attached hydrogens (tertiary/aromatic N) is 3. The van der Waals surface area contributed by atoms with Gasteiger partial charge in [0.2, 0.25) is 11.8 Å². The van der Waals surface area contributed by atoms with Crippen molar-refractivity contribution in [2.75, 3.05) is 38.3 Å². The highest BCUT2D eigenvalue weighted by atomic mass is 35.5. The average Bonchev–Trinajstić information content (AvgIpc) is 3.14. The second-order valence-corrected chi connectivity index (χ2v) is 7.40. The average molecular weight is 430 g/mol. The number of halogens is 1. The zero-order chi connectivity index (χ0) is 21.7. The van der Waals surface area contributed by atoms with Crippen LogP contribution in [0.1, 0.15) is 23.7 Å². The summed E-state index contributed by atoms with van der Waals surface area (Å²) in [7, 11) is 1.50. The van der Waals surface area contributed by atoms with Gasteiger partial charge in [-0.05, 0) is 36.8 Å². The van der Waals surface area contributed by atoms with E-state index in [1.54, 1.807) is 48.5 Å². The first kappa shape index (κ1) is 21.6. The molecule has 2 aromatic rings. The molecule has 158 valence electrons. The number of methoxy groups -OCH3 is 1. The van der Waals surface area contributed by atoms with Crippen molar-refractivity contribution in [2.45, 2.75) is 13.3 Å². The van der Waals surface area contributed by atoms with Gasteiger partial charge in [-0.3, -0.25) is 19.3 Å². The molecule has 3 rings (SSSR count). The highest BCUT2D eigenvalue weighted by Crippen LogP contribution is 2.23. The van der Waals surface area contributed by atoms with Gasteiger partial charge >= 0.3 is 0 Å². The van der Waals surface area contributed by atoms with Gasteiger partial charge in [0.15, 0.2) is 0 Å². The van der Waals surface area contributed by atoms with Crippen LogP contribution in [0.3, 0.4) is 0 Å². The zero-order valence-electron chi connectivity index (χ0n) is 17.0. The van der Waals surface area contributed by atoms with Crippen LogP contribution in [0.5, 0.6) is 5.75 Å². The summed E-state index contributed by atoms with van der Waals surface area (Å²) in [4.78, 5) is 42.8. The Hall–Kier alpha value is -3.06. The molecule has 0 N–H and O–H groups in total. The Balaban J connectivity index is 1.72. The van der Waals surface area contributed by atoms with E-state index in [-0.39, 0.29) is 37.5 Å². The standard InChI is InChI=1S/C22H24ClN3O4/c1-3-11-24(22(29)18-9-4-5-10-19(18)30-2)13-20(27)25-14-21(28)26(15-25)17-8-6-7-16(23)12-17/h4-10,12H,3,11,13-15H2,1-2H3. The van der Waals surface area contributed by atoms with Crippen LogP contribution >= 0.6 is 11.6 Å². The molecule has 2 aromatic carbocycles. The van der Waals surface area contributed by atoms with E-state index in [4.69, 9.17) is 16.3 Å². The van der Waals surface area contributed by atoms with Crippen molar-refractivity contribution in [1.82, 2.24) is 9.80 Å². The minimum atomic E-state index is -0.287. The van der Waals surface area contributed by atoms with Crippen LogP contribution in [-0.2, 0) is 9.59 Å². The van der Waals surface area contributed by atoms with Gasteiger partial charge in [0.1, 0.15) is 25.5 Å². The molecule has 0 bridgehead atoms. The van der Waals surface area contributed by atoms with Gasteiger partial charge in [0.25, 0.3) is 5.91 Å².